The summed E-state index contributed by atoms with van der Waals surface area (Å²) in [5.41, 5.74) is 1.05. The van der Waals surface area contributed by atoms with Gasteiger partial charge in [0, 0.05) is 32.2 Å². The van der Waals surface area contributed by atoms with Crippen molar-refractivity contribution in [1.29, 1.82) is 0 Å². The Hall–Kier alpha value is -1.43. The lowest BCUT2D eigenvalue weighted by Crippen LogP contribution is -2.47. The van der Waals surface area contributed by atoms with Crippen LogP contribution < -0.4 is 10.2 Å². The molecule has 26 heavy (non-hydrogen) atoms. The van der Waals surface area contributed by atoms with E-state index in [9.17, 15) is 0 Å². The molecule has 4 rings (SSSR count). The molecule has 0 bridgehead atoms. The van der Waals surface area contributed by atoms with Gasteiger partial charge in [-0.1, -0.05) is 29.3 Å². The van der Waals surface area contributed by atoms with E-state index >= 15 is 0 Å². The van der Waals surface area contributed by atoms with E-state index in [4.69, 9.17) is 27.6 Å². The van der Waals surface area contributed by atoms with Gasteiger partial charge in [0.05, 0.1) is 21.9 Å². The van der Waals surface area contributed by atoms with Crippen molar-refractivity contribution in [2.75, 3.05) is 42.9 Å². The number of aromatic nitrogens is 1. The monoisotopic (exact) mass is 394 g/mol. The van der Waals surface area contributed by atoms with E-state index in [2.05, 4.69) is 26.2 Å². The van der Waals surface area contributed by atoms with Gasteiger partial charge in [-0.25, -0.2) is 4.98 Å². The number of hydrogen-bond donors (Lipinski definition) is 1. The van der Waals surface area contributed by atoms with E-state index in [1.807, 2.05) is 12.1 Å². The predicted octanol–water partition coefficient (Wildman–Crippen LogP) is 4.38. The maximum Gasteiger partial charge on any atom is 0.294 e. The summed E-state index contributed by atoms with van der Waals surface area (Å²) in [6.07, 6.45) is 6.96. The van der Waals surface area contributed by atoms with Crippen molar-refractivity contribution < 1.29 is 4.42 Å². The third-order valence-electron chi connectivity index (χ3n) is 5.49. The summed E-state index contributed by atoms with van der Waals surface area (Å²) in [5.74, 6) is 0.808. The van der Waals surface area contributed by atoms with Crippen LogP contribution in [0, 0.1) is 5.92 Å². The highest BCUT2D eigenvalue weighted by Gasteiger charge is 2.30. The summed E-state index contributed by atoms with van der Waals surface area (Å²) >= 11 is 12.5. The first-order valence-electron chi connectivity index (χ1n) is 9.26. The highest BCUT2D eigenvalue weighted by Crippen LogP contribution is 2.34. The van der Waals surface area contributed by atoms with E-state index in [1.54, 1.807) is 12.5 Å². The van der Waals surface area contributed by atoms with Gasteiger partial charge in [0.2, 0.25) is 0 Å². The van der Waals surface area contributed by atoms with Crippen LogP contribution in [0.4, 0.5) is 11.7 Å². The van der Waals surface area contributed by atoms with Crippen molar-refractivity contribution in [1.82, 2.24) is 9.88 Å². The molecule has 2 aromatic rings. The molecule has 7 heteroatoms. The van der Waals surface area contributed by atoms with E-state index in [0.29, 0.717) is 22.1 Å². The topological polar surface area (TPSA) is 44.5 Å². The fraction of sp³-hybridized carbons (Fsp3) is 0.526. The first-order valence-corrected chi connectivity index (χ1v) is 10.0. The van der Waals surface area contributed by atoms with Crippen molar-refractivity contribution in [3.8, 4) is 0 Å². The maximum atomic E-state index is 6.35. The van der Waals surface area contributed by atoms with E-state index in [1.165, 1.54) is 25.8 Å². The molecule has 1 aliphatic heterocycles. The number of oxazole rings is 1. The molecule has 5 nitrogen and oxygen atoms in total. The molecule has 0 atom stereocenters. The lowest BCUT2D eigenvalue weighted by atomic mass is 9.78. The van der Waals surface area contributed by atoms with Crippen molar-refractivity contribution in [2.24, 2.45) is 5.92 Å². The molecule has 1 aliphatic carbocycles. The molecule has 1 aromatic heterocycles. The quantitative estimate of drug-likeness (QED) is 0.786. The van der Waals surface area contributed by atoms with Crippen molar-refractivity contribution >= 4 is 34.9 Å². The minimum Gasteiger partial charge on any atom is -0.432 e. The molecule has 0 radical (unpaired) electrons. The van der Waals surface area contributed by atoms with Crippen LogP contribution in [0.1, 0.15) is 19.3 Å². The Balaban J connectivity index is 1.17. The minimum atomic E-state index is 0.514. The summed E-state index contributed by atoms with van der Waals surface area (Å²) < 4.78 is 5.24. The first kappa shape index (κ1) is 18.0. The summed E-state index contributed by atoms with van der Waals surface area (Å²) in [6, 6.07) is 7.02. The van der Waals surface area contributed by atoms with Gasteiger partial charge >= 0.3 is 0 Å². The van der Waals surface area contributed by atoms with Gasteiger partial charge in [0.25, 0.3) is 6.01 Å². The number of anilines is 2. The summed E-state index contributed by atoms with van der Waals surface area (Å²) in [7, 11) is 0. The zero-order valence-electron chi connectivity index (χ0n) is 14.7. The van der Waals surface area contributed by atoms with Gasteiger partial charge < -0.3 is 14.6 Å². The second kappa shape index (κ2) is 8.07. The van der Waals surface area contributed by atoms with Gasteiger partial charge in [-0.2, -0.15) is 0 Å². The van der Waals surface area contributed by atoms with E-state index in [-0.39, 0.29) is 0 Å². The van der Waals surface area contributed by atoms with Crippen LogP contribution in [-0.4, -0.2) is 48.6 Å². The zero-order valence-corrected chi connectivity index (χ0v) is 16.2. The van der Waals surface area contributed by atoms with Crippen molar-refractivity contribution in [2.45, 2.75) is 25.3 Å². The lowest BCUT2D eigenvalue weighted by molar-refractivity contribution is 0.195. The number of halogens is 2. The van der Waals surface area contributed by atoms with Gasteiger partial charge in [0.15, 0.2) is 0 Å². The van der Waals surface area contributed by atoms with Crippen LogP contribution in [0.25, 0.3) is 0 Å². The van der Waals surface area contributed by atoms with Crippen LogP contribution in [-0.2, 0) is 0 Å². The molecular weight excluding hydrogens is 371 g/mol. The van der Waals surface area contributed by atoms with Crippen LogP contribution >= 0.6 is 23.2 Å². The molecule has 1 aromatic carbocycles. The van der Waals surface area contributed by atoms with Gasteiger partial charge in [0.1, 0.15) is 6.26 Å². The third-order valence-corrected chi connectivity index (χ3v) is 6.30. The SMILES string of the molecule is Clc1cccc(N2CCN(CCC3CC(Nc4ncco4)C3)CC2)c1Cl. The Morgan fingerprint density at radius 2 is 1.96 bits per heavy atom. The lowest BCUT2D eigenvalue weighted by Gasteiger charge is -2.39. The van der Waals surface area contributed by atoms with Crippen LogP contribution in [0.3, 0.4) is 0 Å². The highest BCUT2D eigenvalue weighted by atomic mass is 35.5. The maximum absolute atomic E-state index is 6.35. The summed E-state index contributed by atoms with van der Waals surface area (Å²) in [6.45, 7) is 5.33. The highest BCUT2D eigenvalue weighted by molar-refractivity contribution is 6.43. The molecule has 0 spiro atoms. The standard InChI is InChI=1S/C19H24Cl2N4O/c20-16-2-1-3-17(18(16)21)25-9-7-24(8-10-25)6-4-14-12-15(13-14)23-19-22-5-11-26-19/h1-3,5,11,14-15H,4,6-10,12-13H2,(H,22,23). The molecule has 0 unspecified atom stereocenters. The average molecular weight is 395 g/mol. The first-order chi connectivity index (χ1) is 12.7. The van der Waals surface area contributed by atoms with Gasteiger partial charge in [-0.3, -0.25) is 4.90 Å². The number of nitrogens with zero attached hydrogens (tertiary/aromatic N) is 3. The van der Waals surface area contributed by atoms with Crippen molar-refractivity contribution in [3.63, 3.8) is 0 Å². The predicted molar refractivity (Wildman–Crippen MR) is 106 cm³/mol. The van der Waals surface area contributed by atoms with E-state index in [0.717, 1.165) is 37.8 Å². The average Bonchev–Trinajstić information content (AvgIpc) is 3.13. The Morgan fingerprint density at radius 3 is 2.69 bits per heavy atom. The molecule has 2 heterocycles. The Kier molecular flexibility index (Phi) is 5.57. The number of nitrogens with one attached hydrogen (secondary N) is 1. The Morgan fingerprint density at radius 1 is 1.15 bits per heavy atom. The normalized spacial score (nSPS) is 23.7. The molecule has 2 aliphatic rings. The second-order valence-corrected chi connectivity index (χ2v) is 7.99. The zero-order chi connectivity index (χ0) is 17.9. The fourth-order valence-electron chi connectivity index (χ4n) is 3.87. The van der Waals surface area contributed by atoms with Gasteiger partial charge in [-0.15, -0.1) is 0 Å². The summed E-state index contributed by atoms with van der Waals surface area (Å²) in [4.78, 5) is 9.01. The molecule has 1 N–H and O–H groups in total. The largest absolute Gasteiger partial charge is 0.432 e. The molecule has 140 valence electrons. The van der Waals surface area contributed by atoms with Gasteiger partial charge in [-0.05, 0) is 43.9 Å². The smallest absolute Gasteiger partial charge is 0.294 e. The fourth-order valence-corrected chi connectivity index (χ4v) is 4.29. The molecule has 0 amide bonds. The number of hydrogen-bond acceptors (Lipinski definition) is 5. The van der Waals surface area contributed by atoms with Crippen LogP contribution in [0.15, 0.2) is 35.1 Å². The third kappa shape index (κ3) is 4.11. The second-order valence-electron chi connectivity index (χ2n) is 7.21. The van der Waals surface area contributed by atoms with Crippen LogP contribution in [0.5, 0.6) is 0 Å². The molecule has 1 saturated heterocycles. The summed E-state index contributed by atoms with van der Waals surface area (Å²) in [5, 5.41) is 4.64. The van der Waals surface area contributed by atoms with Crippen molar-refractivity contribution in [3.05, 3.63) is 40.7 Å². The number of rotatable bonds is 6. The number of benzene rings is 1. The molecule has 2 fully saturated rings. The Bertz CT molecular complexity index is 710. The minimum absolute atomic E-state index is 0.514. The Labute approximate surface area is 164 Å². The molecular formula is C19H24Cl2N4O. The van der Waals surface area contributed by atoms with E-state index < -0.39 is 0 Å². The molecule has 1 saturated carbocycles. The number of piperazine rings is 1. The van der Waals surface area contributed by atoms with Crippen LogP contribution in [0.2, 0.25) is 10.0 Å².